The van der Waals surface area contributed by atoms with E-state index in [0.717, 1.165) is 29.8 Å². The molecule has 0 bridgehead atoms. The fourth-order valence-electron chi connectivity index (χ4n) is 4.80. The van der Waals surface area contributed by atoms with Crippen molar-refractivity contribution < 1.29 is 26.5 Å². The third-order valence-corrected chi connectivity index (χ3v) is 8.22. The molecule has 0 atom stereocenters. The molecule has 0 spiro atoms. The summed E-state index contributed by atoms with van der Waals surface area (Å²) in [6.07, 6.45) is 18.1. The molecular formula is C33H46BrClN2O2S. The number of thiazole rings is 1. The Hall–Kier alpha value is -1.89. The minimum Gasteiger partial charge on any atom is -1.00 e. The van der Waals surface area contributed by atoms with E-state index in [2.05, 4.69) is 41.4 Å². The van der Waals surface area contributed by atoms with E-state index in [9.17, 15) is 4.79 Å². The molecule has 7 heteroatoms. The van der Waals surface area contributed by atoms with Gasteiger partial charge in [-0.2, -0.15) is 0 Å². The van der Waals surface area contributed by atoms with E-state index in [0.29, 0.717) is 17.4 Å². The molecule has 0 saturated heterocycles. The van der Waals surface area contributed by atoms with Crippen molar-refractivity contribution in [1.82, 2.24) is 4.57 Å². The summed E-state index contributed by atoms with van der Waals surface area (Å²) in [6.45, 7) is 5.74. The van der Waals surface area contributed by atoms with Crippen LogP contribution in [0.1, 0.15) is 100 Å². The predicted octanol–water partition coefficient (Wildman–Crippen LogP) is 7.11. The van der Waals surface area contributed by atoms with Gasteiger partial charge in [-0.3, -0.25) is 4.79 Å². The molecule has 1 aromatic heterocycles. The van der Waals surface area contributed by atoms with Crippen LogP contribution in [0.2, 0.25) is 5.02 Å². The lowest BCUT2D eigenvalue weighted by Crippen LogP contribution is -3.00. The molecule has 0 unspecified atom stereocenters. The van der Waals surface area contributed by atoms with Crippen LogP contribution >= 0.6 is 22.9 Å². The van der Waals surface area contributed by atoms with Crippen LogP contribution in [-0.2, 0) is 17.8 Å². The first-order chi connectivity index (χ1) is 19.1. The first-order valence-electron chi connectivity index (χ1n) is 14.8. The zero-order valence-electron chi connectivity index (χ0n) is 24.2. The summed E-state index contributed by atoms with van der Waals surface area (Å²) in [5.41, 5.74) is 2.78. The second-order valence-electron chi connectivity index (χ2n) is 10.4. The van der Waals surface area contributed by atoms with E-state index >= 15 is 0 Å². The van der Waals surface area contributed by atoms with Gasteiger partial charge in [-0.15, -0.1) is 0 Å². The Morgan fingerprint density at radius 1 is 0.925 bits per heavy atom. The van der Waals surface area contributed by atoms with E-state index in [4.69, 9.17) is 16.3 Å². The van der Waals surface area contributed by atoms with Crippen molar-refractivity contribution in [3.05, 3.63) is 75.2 Å². The summed E-state index contributed by atoms with van der Waals surface area (Å²) in [6, 6.07) is 13.5. The van der Waals surface area contributed by atoms with E-state index in [1.807, 2.05) is 36.4 Å². The zero-order chi connectivity index (χ0) is 27.7. The lowest BCUT2D eigenvalue weighted by atomic mass is 10.1. The maximum absolute atomic E-state index is 13.0. The summed E-state index contributed by atoms with van der Waals surface area (Å²) in [7, 11) is 0. The second kappa shape index (κ2) is 20.1. The minimum absolute atomic E-state index is 0. The molecule has 0 aliphatic carbocycles. The molecule has 0 aliphatic heterocycles. The Kier molecular flexibility index (Phi) is 17.2. The Morgan fingerprint density at radius 2 is 1.57 bits per heavy atom. The van der Waals surface area contributed by atoms with E-state index < -0.39 is 0 Å². The predicted molar refractivity (Wildman–Crippen MR) is 167 cm³/mol. The third kappa shape index (κ3) is 12.7. The molecule has 1 amide bonds. The molecule has 1 heterocycles. The smallest absolute Gasteiger partial charge is 0.228 e. The molecular weight excluding hydrogens is 604 g/mol. The van der Waals surface area contributed by atoms with E-state index in [-0.39, 0.29) is 29.3 Å². The molecule has 40 heavy (non-hydrogen) atoms. The molecule has 4 nitrogen and oxygen atoms in total. The molecule has 0 aliphatic rings. The number of carbonyl (C=O) groups excluding carboxylic acids is 1. The molecule has 3 rings (SSSR count). The van der Waals surface area contributed by atoms with Crippen LogP contribution < -0.4 is 27.0 Å². The van der Waals surface area contributed by atoms with Crippen LogP contribution in [0.25, 0.3) is 0 Å². The van der Waals surface area contributed by atoms with Gasteiger partial charge in [0.25, 0.3) is 0 Å². The van der Waals surface area contributed by atoms with Gasteiger partial charge in [0.2, 0.25) is 5.91 Å². The molecule has 0 fully saturated rings. The maximum atomic E-state index is 13.0. The van der Waals surface area contributed by atoms with Crippen molar-refractivity contribution in [3.8, 4) is 5.75 Å². The average Bonchev–Trinajstić information content (AvgIpc) is 3.33. The summed E-state index contributed by atoms with van der Waals surface area (Å²) in [5, 5.41) is 7.04. The number of anilines is 1. The number of rotatable bonds is 19. The van der Waals surface area contributed by atoms with Gasteiger partial charge in [0, 0.05) is 34.5 Å². The number of unbranched alkanes of at least 4 members (excludes halogenated alkanes) is 11. The van der Waals surface area contributed by atoms with Crippen LogP contribution in [0.5, 0.6) is 5.75 Å². The number of aromatic nitrogens is 1. The zero-order valence-corrected chi connectivity index (χ0v) is 27.4. The summed E-state index contributed by atoms with van der Waals surface area (Å²) >= 11 is 7.98. The third-order valence-electron chi connectivity index (χ3n) is 7.15. The maximum Gasteiger partial charge on any atom is 0.228 e. The van der Waals surface area contributed by atoms with Crippen LogP contribution in [0.3, 0.4) is 0 Å². The van der Waals surface area contributed by atoms with Crippen LogP contribution in [0, 0.1) is 6.92 Å². The van der Waals surface area contributed by atoms with Gasteiger partial charge < -0.3 is 27.0 Å². The Bertz CT molecular complexity index is 1140. The number of hydrogen-bond acceptors (Lipinski definition) is 3. The quantitative estimate of drug-likeness (QED) is 0.111. The van der Waals surface area contributed by atoms with Crippen molar-refractivity contribution in [3.63, 3.8) is 0 Å². The number of nitrogens with one attached hydrogen (secondary N) is 1. The number of ether oxygens (including phenoxy) is 1. The van der Waals surface area contributed by atoms with Crippen molar-refractivity contribution >= 4 is 34.5 Å². The minimum atomic E-state index is -0.0629. The van der Waals surface area contributed by atoms with Crippen molar-refractivity contribution in [2.24, 2.45) is 0 Å². The number of halogens is 2. The van der Waals surface area contributed by atoms with E-state index in [1.54, 1.807) is 11.3 Å². The molecule has 0 radical (unpaired) electrons. The standard InChI is InChI=1S/C33H45ClN2O2S.BrH/c1-3-4-5-6-7-8-9-10-11-12-13-16-22-38-32-25-30(34)20-19-28(32)24-33(37)35-31-18-15-14-17-29(31)26-36-21-23-39-27(36)2;/h14-15,17-21,23,25H,3-13,16,22,24,26H2,1-2H3;1H. The van der Waals surface area contributed by atoms with Gasteiger partial charge in [-0.1, -0.05) is 113 Å². The number of para-hydroxylation sites is 1. The summed E-state index contributed by atoms with van der Waals surface area (Å²) in [5.74, 6) is 0.644. The lowest BCUT2D eigenvalue weighted by Gasteiger charge is -2.14. The molecule has 1 N–H and O–H groups in total. The van der Waals surface area contributed by atoms with Crippen LogP contribution in [0.4, 0.5) is 5.69 Å². The van der Waals surface area contributed by atoms with Gasteiger partial charge in [-0.25, -0.2) is 4.57 Å². The summed E-state index contributed by atoms with van der Waals surface area (Å²) < 4.78 is 8.29. The number of amides is 1. The number of hydrogen-bond donors (Lipinski definition) is 1. The normalized spacial score (nSPS) is 10.8. The van der Waals surface area contributed by atoms with Gasteiger partial charge in [0.1, 0.15) is 5.75 Å². The molecule has 2 aromatic carbocycles. The number of nitrogens with zero attached hydrogens (tertiary/aromatic N) is 1. The summed E-state index contributed by atoms with van der Waals surface area (Å²) in [4.78, 5) is 13.0. The lowest BCUT2D eigenvalue weighted by molar-refractivity contribution is -0.115. The highest BCUT2D eigenvalue weighted by molar-refractivity contribution is 7.09. The van der Waals surface area contributed by atoms with Crippen LogP contribution in [0.15, 0.2) is 54.0 Å². The first kappa shape index (κ1) is 34.3. The number of aryl methyl sites for hydroxylation is 1. The van der Waals surface area contributed by atoms with Gasteiger partial charge in [0.15, 0.2) is 16.6 Å². The molecule has 220 valence electrons. The topological polar surface area (TPSA) is 43.3 Å². The highest BCUT2D eigenvalue weighted by Gasteiger charge is 2.14. The number of benzene rings is 2. The fourth-order valence-corrected chi connectivity index (χ4v) is 5.63. The largest absolute Gasteiger partial charge is 1.00 e. The van der Waals surface area contributed by atoms with Crippen molar-refractivity contribution in [1.29, 1.82) is 0 Å². The second-order valence-corrected chi connectivity index (χ2v) is 12.0. The fraction of sp³-hybridized carbons (Fsp3) is 0.515. The Labute approximate surface area is 261 Å². The monoisotopic (exact) mass is 648 g/mol. The van der Waals surface area contributed by atoms with E-state index in [1.165, 1.54) is 75.6 Å². The highest BCUT2D eigenvalue weighted by atomic mass is 79.9. The molecule has 0 saturated carbocycles. The van der Waals surface area contributed by atoms with Gasteiger partial charge in [-0.05, 0) is 30.2 Å². The average molecular weight is 650 g/mol. The van der Waals surface area contributed by atoms with Crippen molar-refractivity contribution in [2.75, 3.05) is 11.9 Å². The number of carbonyl (C=O) groups is 1. The Morgan fingerprint density at radius 3 is 2.23 bits per heavy atom. The van der Waals surface area contributed by atoms with Crippen molar-refractivity contribution in [2.45, 2.75) is 104 Å². The first-order valence-corrected chi connectivity index (χ1v) is 16.0. The SMILES string of the molecule is CCCCCCCCCCCCCCOc1cc(Cl)ccc1CC(=O)Nc1ccccc1Cn1ccs[c+]1C.[Br-]. The van der Waals surface area contributed by atoms with Crippen LogP contribution in [-0.4, -0.2) is 17.1 Å². The van der Waals surface area contributed by atoms with Gasteiger partial charge in [0.05, 0.1) is 19.6 Å². The highest BCUT2D eigenvalue weighted by Crippen LogP contribution is 2.26. The Balaban J connectivity index is 0.00000560. The van der Waals surface area contributed by atoms with Gasteiger partial charge >= 0.3 is 0 Å². The molecule has 3 aromatic rings.